The van der Waals surface area contributed by atoms with Crippen LogP contribution in [0.15, 0.2) is 12.1 Å². The number of thiophene rings is 2. The average molecular weight is 691 g/mol. The molecule has 0 aliphatic heterocycles. The molecule has 3 aromatic carbocycles. The molecule has 0 atom stereocenters. The second-order valence-electron chi connectivity index (χ2n) is 8.93. The van der Waals surface area contributed by atoms with Crippen LogP contribution in [0.25, 0.3) is 52.2 Å². The van der Waals surface area contributed by atoms with Crippen LogP contribution in [-0.2, 0) is 0 Å². The fraction of sp³-hybridized carbons (Fsp3) is 0.0357. The van der Waals surface area contributed by atoms with Crippen molar-refractivity contribution in [3.05, 3.63) is 80.7 Å². The lowest BCUT2D eigenvalue weighted by atomic mass is 10.0. The van der Waals surface area contributed by atoms with Crippen LogP contribution in [0, 0.1) is 92.2 Å². The molecule has 0 radical (unpaired) electrons. The van der Waals surface area contributed by atoms with Gasteiger partial charge in [-0.15, -0.1) is 22.7 Å². The van der Waals surface area contributed by atoms with Crippen molar-refractivity contribution in [1.82, 2.24) is 0 Å². The van der Waals surface area contributed by atoms with Gasteiger partial charge in [0.15, 0.2) is 46.5 Å². The summed E-state index contributed by atoms with van der Waals surface area (Å²) in [6.07, 6.45) is -5.56. The van der Waals surface area contributed by atoms with E-state index in [9.17, 15) is 72.9 Å². The largest absolute Gasteiger partial charge is 0.426 e. The van der Waals surface area contributed by atoms with Crippen LogP contribution in [0.5, 0.6) is 0 Å². The van der Waals surface area contributed by atoms with Crippen LogP contribution in [0.1, 0.15) is 0 Å². The van der Waals surface area contributed by atoms with E-state index in [-0.39, 0.29) is 22.7 Å². The van der Waals surface area contributed by atoms with Gasteiger partial charge < -0.3 is 0 Å². The van der Waals surface area contributed by atoms with E-state index in [2.05, 4.69) is 0 Å². The molecule has 232 valence electrons. The van der Waals surface area contributed by atoms with E-state index in [1.54, 1.807) is 0 Å². The molecule has 0 saturated carbocycles. The molecule has 5 aromatic rings. The molecule has 0 aliphatic rings. The molecule has 46 heavy (non-hydrogen) atoms. The smallest absolute Gasteiger partial charge is 0.203 e. The number of hydrogen-bond acceptors (Lipinski definition) is 5. The van der Waals surface area contributed by atoms with E-state index in [0.717, 1.165) is 6.07 Å². The Hall–Kier alpha value is -5.12. The van der Waals surface area contributed by atoms with Crippen molar-refractivity contribution in [3.63, 3.8) is 0 Å². The summed E-state index contributed by atoms with van der Waals surface area (Å²) in [6, 6.07) is 4.61. The number of benzene rings is 3. The van der Waals surface area contributed by atoms with Gasteiger partial charge in [-0.25, -0.2) is 43.9 Å². The van der Waals surface area contributed by atoms with Gasteiger partial charge in [-0.3, -0.25) is 0 Å². The van der Waals surface area contributed by atoms with Gasteiger partial charge in [-0.1, -0.05) is 0 Å². The minimum atomic E-state index is -5.56. The van der Waals surface area contributed by atoms with E-state index in [1.807, 2.05) is 0 Å². The normalized spacial score (nSPS) is 12.3. The summed E-state index contributed by atoms with van der Waals surface area (Å²) >= 11 is -0.0676. The molecule has 0 N–H and O–H groups in total. The summed E-state index contributed by atoms with van der Waals surface area (Å²) in [6.45, 7) is 0. The Morgan fingerprint density at radius 1 is 0.500 bits per heavy atom. The van der Waals surface area contributed by atoms with Gasteiger partial charge in [-0.2, -0.15) is 29.0 Å². The summed E-state index contributed by atoms with van der Waals surface area (Å²) in [5.74, 6) is -24.5. The van der Waals surface area contributed by atoms with Gasteiger partial charge in [0, 0.05) is 40.4 Å². The lowest BCUT2D eigenvalue weighted by molar-refractivity contribution is -0.0683. The Morgan fingerprint density at radius 3 is 1.15 bits per heavy atom. The van der Waals surface area contributed by atoms with E-state index < -0.39 is 127 Å². The zero-order chi connectivity index (χ0) is 34.2. The van der Waals surface area contributed by atoms with Crippen LogP contribution in [0.4, 0.5) is 57.1 Å². The summed E-state index contributed by atoms with van der Waals surface area (Å²) < 4.78 is 183. The first-order valence-corrected chi connectivity index (χ1v) is 13.2. The predicted molar refractivity (Wildman–Crippen MR) is 137 cm³/mol. The Bertz CT molecular complexity index is 2250. The van der Waals surface area contributed by atoms with Crippen molar-refractivity contribution >= 4 is 54.0 Å². The first-order chi connectivity index (χ1) is 21.5. The second kappa shape index (κ2) is 11.0. The number of rotatable bonds is 2. The zero-order valence-electron chi connectivity index (χ0n) is 21.2. The van der Waals surface area contributed by atoms with Crippen LogP contribution in [-0.4, -0.2) is 6.18 Å². The third-order valence-electron chi connectivity index (χ3n) is 6.49. The van der Waals surface area contributed by atoms with Crippen molar-refractivity contribution in [1.29, 1.82) is 15.8 Å². The van der Waals surface area contributed by atoms with Crippen molar-refractivity contribution in [2.75, 3.05) is 0 Å². The van der Waals surface area contributed by atoms with E-state index in [1.165, 1.54) is 12.1 Å². The Balaban J connectivity index is 2.14. The third-order valence-corrected chi connectivity index (χ3v) is 8.83. The summed E-state index contributed by atoms with van der Waals surface area (Å²) in [4.78, 5) is -1.87. The Kier molecular flexibility index (Phi) is 7.75. The first kappa shape index (κ1) is 32.3. The van der Waals surface area contributed by atoms with Crippen molar-refractivity contribution < 1.29 is 57.1 Å². The molecule has 2 aromatic heterocycles. The lowest BCUT2D eigenvalue weighted by Crippen LogP contribution is -2.22. The van der Waals surface area contributed by atoms with Crippen LogP contribution in [0.3, 0.4) is 0 Å². The molecule has 0 unspecified atom stereocenters. The standard InChI is InChI=1S/C28H2F13N3S2/c29-16-14(17(30)21(34)24(37)20(16)33)10-1-7-12(6(3-42)4-43)26-8(13(27(7)46-10)9(5-44)28(39,40)41)2-11(45-26)15-18(31)22(35)25(38)23(36)19(15)32/h1-2H/b13-9-. The quantitative estimate of drug-likeness (QED) is 0.106. The molecule has 0 spiro atoms. The predicted octanol–water partition coefficient (Wildman–Crippen LogP) is 8.28. The van der Waals surface area contributed by atoms with E-state index in [0.29, 0.717) is 12.1 Å². The van der Waals surface area contributed by atoms with Gasteiger partial charge in [0.2, 0.25) is 11.6 Å². The second-order valence-corrected chi connectivity index (χ2v) is 11.0. The molecule has 0 fully saturated rings. The number of nitriles is 3. The summed E-state index contributed by atoms with van der Waals surface area (Å²) in [5.41, 5.74) is -6.31. The maximum atomic E-state index is 14.7. The Labute approximate surface area is 252 Å². The fourth-order valence-electron chi connectivity index (χ4n) is 4.55. The molecule has 0 saturated heterocycles. The highest BCUT2D eigenvalue weighted by Gasteiger charge is 2.37. The molecular weight excluding hydrogens is 689 g/mol. The number of hydrogen-bond donors (Lipinski definition) is 0. The van der Waals surface area contributed by atoms with E-state index in [4.69, 9.17) is 0 Å². The minimum Gasteiger partial charge on any atom is -0.203 e. The minimum absolute atomic E-state index is 0.0114. The number of fused-ring (bicyclic) bond motifs is 2. The molecule has 2 heterocycles. The number of alkyl halides is 3. The third kappa shape index (κ3) is 4.54. The lowest BCUT2D eigenvalue weighted by Gasteiger charge is -2.07. The van der Waals surface area contributed by atoms with Crippen LogP contribution < -0.4 is 10.4 Å². The first-order valence-electron chi connectivity index (χ1n) is 11.6. The highest BCUT2D eigenvalue weighted by Crippen LogP contribution is 2.42. The Morgan fingerprint density at radius 2 is 0.826 bits per heavy atom. The number of halogens is 13. The summed E-state index contributed by atoms with van der Waals surface area (Å²) in [5, 5.41) is 25.3. The topological polar surface area (TPSA) is 71.4 Å². The molecule has 0 bridgehead atoms. The highest BCUT2D eigenvalue weighted by atomic mass is 32.1. The molecular formula is C28H2F13N3S2. The molecule has 18 heteroatoms. The van der Waals surface area contributed by atoms with Gasteiger partial charge in [-0.05, 0) is 12.1 Å². The van der Waals surface area contributed by atoms with Crippen molar-refractivity contribution in [2.24, 2.45) is 0 Å². The zero-order valence-corrected chi connectivity index (χ0v) is 22.9. The molecule has 5 rings (SSSR count). The monoisotopic (exact) mass is 691 g/mol. The maximum absolute atomic E-state index is 14.7. The fourth-order valence-corrected chi connectivity index (χ4v) is 7.08. The highest BCUT2D eigenvalue weighted by molar-refractivity contribution is 7.24. The van der Waals surface area contributed by atoms with Crippen molar-refractivity contribution in [3.8, 4) is 39.1 Å². The molecule has 0 amide bonds. The van der Waals surface area contributed by atoms with Gasteiger partial charge >= 0.3 is 6.18 Å². The van der Waals surface area contributed by atoms with Crippen LogP contribution in [0.2, 0.25) is 0 Å². The maximum Gasteiger partial charge on any atom is 0.426 e. The van der Waals surface area contributed by atoms with Crippen LogP contribution >= 0.6 is 22.7 Å². The summed E-state index contributed by atoms with van der Waals surface area (Å²) in [7, 11) is 0. The van der Waals surface area contributed by atoms with Gasteiger partial charge in [0.25, 0.3) is 0 Å². The van der Waals surface area contributed by atoms with Gasteiger partial charge in [0.05, 0.1) is 11.1 Å². The average Bonchev–Trinajstić information content (AvgIpc) is 3.63. The molecule has 0 aliphatic carbocycles. The SMILES string of the molecule is N#CC(C#N)=c1c2cc(-c3c(F)c(F)c(F)c(F)c3F)sc2/c(=C(/C#N)C(F)(F)F)c2cc(-c3c(F)c(F)c(F)c(F)c3F)sc12. The van der Waals surface area contributed by atoms with Gasteiger partial charge in [0.1, 0.15) is 29.4 Å². The van der Waals surface area contributed by atoms with E-state index >= 15 is 0 Å². The van der Waals surface area contributed by atoms with Crippen molar-refractivity contribution in [2.45, 2.75) is 6.18 Å². The molecule has 3 nitrogen and oxygen atoms in total. The number of nitrogens with zero attached hydrogens (tertiary/aromatic N) is 3.